The summed E-state index contributed by atoms with van der Waals surface area (Å²) in [5.74, 6) is -0.646. The molecule has 144 valence electrons. The number of ether oxygens (including phenoxy) is 1. The van der Waals surface area contributed by atoms with E-state index in [9.17, 15) is 14.7 Å². The molecular weight excluding hydrogens is 348 g/mol. The second kappa shape index (κ2) is 8.32. The number of aromatic nitrogens is 2. The van der Waals surface area contributed by atoms with Gasteiger partial charge < -0.3 is 14.7 Å². The predicted molar refractivity (Wildman–Crippen MR) is 100 cm³/mol. The molecule has 0 unspecified atom stereocenters. The van der Waals surface area contributed by atoms with Gasteiger partial charge in [-0.15, -0.1) is 0 Å². The molecule has 0 radical (unpaired) electrons. The molecule has 0 amide bonds. The molecule has 0 saturated carbocycles. The standard InChI is InChI=1S/C19H24N4O4/c1-13-3-5-15(6-4-13)23-18(25)16(17(24)21-19(23)26)14(2)20-7-8-22-9-11-27-12-10-22/h3-6,25H,7-12H2,1-2H3,(H,21,24,26). The monoisotopic (exact) mass is 372 g/mol. The number of rotatable bonds is 5. The van der Waals surface area contributed by atoms with Crippen molar-refractivity contribution in [1.29, 1.82) is 0 Å². The first kappa shape index (κ1) is 19.1. The molecule has 3 rings (SSSR count). The third-order valence-electron chi connectivity index (χ3n) is 4.74. The molecule has 1 fully saturated rings. The zero-order valence-electron chi connectivity index (χ0n) is 15.6. The smallest absolute Gasteiger partial charge is 0.332 e. The van der Waals surface area contributed by atoms with Crippen molar-refractivity contribution in [2.75, 3.05) is 39.4 Å². The van der Waals surface area contributed by atoms with Crippen LogP contribution >= 0.6 is 0 Å². The van der Waals surface area contributed by atoms with E-state index >= 15 is 0 Å². The summed E-state index contributed by atoms with van der Waals surface area (Å²) in [6.07, 6.45) is 0. The van der Waals surface area contributed by atoms with Gasteiger partial charge in [0.15, 0.2) is 0 Å². The van der Waals surface area contributed by atoms with Gasteiger partial charge in [0.05, 0.1) is 31.9 Å². The number of hydrogen-bond acceptors (Lipinski definition) is 5. The normalized spacial score (nSPS) is 15.9. The highest BCUT2D eigenvalue weighted by Gasteiger charge is 2.14. The van der Waals surface area contributed by atoms with Crippen LogP contribution in [0.1, 0.15) is 18.1 Å². The quantitative estimate of drug-likeness (QED) is 0.632. The van der Waals surface area contributed by atoms with Gasteiger partial charge in [-0.3, -0.25) is 19.3 Å². The summed E-state index contributed by atoms with van der Waals surface area (Å²) in [5, 5.41) is 12.8. The minimum atomic E-state index is -0.747. The topological polar surface area (TPSA) is 104 Å². The van der Waals surface area contributed by atoms with E-state index in [0.29, 0.717) is 17.9 Å². The van der Waals surface area contributed by atoms with Crippen LogP contribution in [0.3, 0.4) is 0 Å². The van der Waals surface area contributed by atoms with Crippen LogP contribution in [0.2, 0.25) is 0 Å². The summed E-state index contributed by atoms with van der Waals surface area (Å²) in [6, 6.07) is 6.96. The Bertz CT molecular complexity index is 938. The molecule has 2 N–H and O–H groups in total. The highest BCUT2D eigenvalue weighted by Crippen LogP contribution is 2.15. The Hall–Kier alpha value is -2.71. The fourth-order valence-electron chi connectivity index (χ4n) is 3.13. The SMILES string of the molecule is CC(=NCC[NH+]1CCOCC1)c1c([O-])n(-c2ccc(C)cc2)c(=O)[nH]c1=O. The Balaban J connectivity index is 1.89. The molecule has 27 heavy (non-hydrogen) atoms. The van der Waals surface area contributed by atoms with Crippen LogP contribution in [0.25, 0.3) is 5.69 Å². The number of aromatic amines is 1. The van der Waals surface area contributed by atoms with Gasteiger partial charge in [0.25, 0.3) is 5.56 Å². The maximum absolute atomic E-state index is 12.8. The molecule has 1 aliphatic rings. The highest BCUT2D eigenvalue weighted by molar-refractivity contribution is 6.00. The molecule has 0 atom stereocenters. The number of H-pyrrole nitrogens is 1. The Morgan fingerprint density at radius 3 is 2.59 bits per heavy atom. The van der Waals surface area contributed by atoms with E-state index in [4.69, 9.17) is 4.74 Å². The van der Waals surface area contributed by atoms with Crippen LogP contribution in [0, 0.1) is 6.92 Å². The highest BCUT2D eigenvalue weighted by atomic mass is 16.5. The second-order valence-corrected chi connectivity index (χ2v) is 6.69. The molecule has 1 saturated heterocycles. The average Bonchev–Trinajstić information content (AvgIpc) is 2.64. The van der Waals surface area contributed by atoms with Crippen molar-refractivity contribution in [2.45, 2.75) is 13.8 Å². The van der Waals surface area contributed by atoms with Crippen molar-refractivity contribution in [3.8, 4) is 11.6 Å². The van der Waals surface area contributed by atoms with Gasteiger partial charge in [-0.05, 0) is 31.9 Å². The zero-order chi connectivity index (χ0) is 19.4. The first-order valence-corrected chi connectivity index (χ1v) is 9.03. The van der Waals surface area contributed by atoms with Gasteiger partial charge in [-0.2, -0.15) is 0 Å². The lowest BCUT2D eigenvalue weighted by atomic mass is 10.2. The number of nitrogens with zero attached hydrogens (tertiary/aromatic N) is 2. The number of aryl methyl sites for hydroxylation is 1. The van der Waals surface area contributed by atoms with Crippen molar-refractivity contribution in [2.24, 2.45) is 4.99 Å². The zero-order valence-corrected chi connectivity index (χ0v) is 15.6. The van der Waals surface area contributed by atoms with Crippen LogP contribution in [0.5, 0.6) is 5.88 Å². The van der Waals surface area contributed by atoms with Gasteiger partial charge in [0, 0.05) is 11.4 Å². The molecule has 0 bridgehead atoms. The minimum Gasteiger partial charge on any atom is -0.859 e. The number of benzene rings is 1. The molecule has 2 heterocycles. The maximum Gasteiger partial charge on any atom is 0.332 e. The molecule has 2 aromatic rings. The lowest BCUT2D eigenvalue weighted by Crippen LogP contribution is -3.14. The second-order valence-electron chi connectivity index (χ2n) is 6.69. The number of aliphatic imine (C=N–C) groups is 1. The van der Waals surface area contributed by atoms with E-state index in [-0.39, 0.29) is 5.56 Å². The predicted octanol–water partition coefficient (Wildman–Crippen LogP) is -1.37. The summed E-state index contributed by atoms with van der Waals surface area (Å²) in [6.45, 7) is 8.20. The van der Waals surface area contributed by atoms with Crippen molar-refractivity contribution >= 4 is 5.71 Å². The third-order valence-corrected chi connectivity index (χ3v) is 4.74. The van der Waals surface area contributed by atoms with E-state index < -0.39 is 17.1 Å². The number of morpholine rings is 1. The summed E-state index contributed by atoms with van der Waals surface area (Å²) < 4.78 is 6.30. The van der Waals surface area contributed by atoms with E-state index in [2.05, 4.69) is 9.98 Å². The molecule has 8 heteroatoms. The molecule has 1 aliphatic heterocycles. The summed E-state index contributed by atoms with van der Waals surface area (Å²) in [4.78, 5) is 32.5. The first-order valence-electron chi connectivity index (χ1n) is 9.03. The van der Waals surface area contributed by atoms with Crippen LogP contribution < -0.4 is 21.3 Å². The average molecular weight is 372 g/mol. The number of hydrogen-bond donors (Lipinski definition) is 2. The van der Waals surface area contributed by atoms with Crippen LogP contribution in [-0.2, 0) is 4.74 Å². The number of quaternary nitrogens is 1. The summed E-state index contributed by atoms with van der Waals surface area (Å²) >= 11 is 0. The molecular formula is C19H24N4O4. The van der Waals surface area contributed by atoms with Gasteiger partial charge in [-0.1, -0.05) is 17.7 Å². The van der Waals surface area contributed by atoms with Crippen LogP contribution in [-0.4, -0.2) is 54.7 Å². The Kier molecular flexibility index (Phi) is 5.88. The lowest BCUT2D eigenvalue weighted by molar-refractivity contribution is -0.906. The van der Waals surface area contributed by atoms with Crippen molar-refractivity contribution in [3.63, 3.8) is 0 Å². The van der Waals surface area contributed by atoms with Crippen molar-refractivity contribution < 1.29 is 14.7 Å². The fraction of sp³-hybridized carbons (Fsp3) is 0.421. The molecule has 1 aromatic carbocycles. The van der Waals surface area contributed by atoms with E-state index in [1.165, 1.54) is 4.90 Å². The minimum absolute atomic E-state index is 0.0906. The largest absolute Gasteiger partial charge is 0.859 e. The maximum atomic E-state index is 12.8. The Morgan fingerprint density at radius 2 is 1.93 bits per heavy atom. The van der Waals surface area contributed by atoms with Gasteiger partial charge in [0.2, 0.25) is 0 Å². The van der Waals surface area contributed by atoms with E-state index in [1.807, 2.05) is 6.92 Å². The lowest BCUT2D eigenvalue weighted by Gasteiger charge is -2.23. The molecule has 0 aliphatic carbocycles. The van der Waals surface area contributed by atoms with Gasteiger partial charge in [-0.25, -0.2) is 4.79 Å². The first-order chi connectivity index (χ1) is 13.0. The van der Waals surface area contributed by atoms with Crippen LogP contribution in [0.4, 0.5) is 0 Å². The summed E-state index contributed by atoms with van der Waals surface area (Å²) in [5.41, 5.74) is 0.226. The Morgan fingerprint density at radius 1 is 1.26 bits per heavy atom. The van der Waals surface area contributed by atoms with Gasteiger partial charge in [0.1, 0.15) is 13.1 Å². The van der Waals surface area contributed by atoms with Gasteiger partial charge >= 0.3 is 5.69 Å². The van der Waals surface area contributed by atoms with Crippen LogP contribution in [0.15, 0.2) is 38.8 Å². The molecule has 1 aromatic heterocycles. The van der Waals surface area contributed by atoms with E-state index in [1.54, 1.807) is 31.2 Å². The molecule has 0 spiro atoms. The molecule has 8 nitrogen and oxygen atoms in total. The fourth-order valence-corrected chi connectivity index (χ4v) is 3.13. The third kappa shape index (κ3) is 4.35. The summed E-state index contributed by atoms with van der Waals surface area (Å²) in [7, 11) is 0. The van der Waals surface area contributed by atoms with Crippen molar-refractivity contribution in [1.82, 2.24) is 9.55 Å². The Labute approximate surface area is 156 Å². The van der Waals surface area contributed by atoms with E-state index in [0.717, 1.165) is 43.0 Å². The number of nitrogens with one attached hydrogen (secondary N) is 2. The van der Waals surface area contributed by atoms with Crippen molar-refractivity contribution in [3.05, 3.63) is 56.2 Å².